The molecule has 2 rings (SSSR count). The van der Waals surface area contributed by atoms with Gasteiger partial charge in [0.1, 0.15) is 16.5 Å². The molecule has 27 heavy (non-hydrogen) atoms. The first-order valence-electron chi connectivity index (χ1n) is 7.00. The predicted molar refractivity (Wildman–Crippen MR) is 78.6 cm³/mol. The van der Waals surface area contributed by atoms with Gasteiger partial charge in [0.05, 0.1) is 5.56 Å². The van der Waals surface area contributed by atoms with E-state index in [-0.39, 0.29) is 6.07 Å². The second-order valence-electron chi connectivity index (χ2n) is 5.12. The van der Waals surface area contributed by atoms with Crippen LogP contribution < -0.4 is 9.46 Å². The summed E-state index contributed by atoms with van der Waals surface area (Å²) >= 11 is 0. The summed E-state index contributed by atoms with van der Waals surface area (Å²) in [4.78, 5) is -0.866. The molecular formula is C15H10F7NO3S. The molecule has 2 aromatic rings. The number of hydrogen-bond acceptors (Lipinski definition) is 3. The zero-order chi connectivity index (χ0) is 20.5. The van der Waals surface area contributed by atoms with Gasteiger partial charge in [0.15, 0.2) is 0 Å². The molecule has 2 aromatic carbocycles. The maximum absolute atomic E-state index is 13.8. The van der Waals surface area contributed by atoms with Crippen molar-refractivity contribution in [2.24, 2.45) is 0 Å². The van der Waals surface area contributed by atoms with Crippen molar-refractivity contribution < 1.29 is 43.9 Å². The van der Waals surface area contributed by atoms with Crippen LogP contribution in [0.25, 0.3) is 0 Å². The summed E-state index contributed by atoms with van der Waals surface area (Å²) in [6.45, 7) is -0.785. The van der Waals surface area contributed by atoms with Crippen LogP contribution in [0.5, 0.6) is 5.75 Å². The highest BCUT2D eigenvalue weighted by Gasteiger charge is 2.34. The van der Waals surface area contributed by atoms with Crippen LogP contribution in [0.15, 0.2) is 47.4 Å². The van der Waals surface area contributed by atoms with Crippen molar-refractivity contribution in [2.45, 2.75) is 24.0 Å². The molecule has 1 N–H and O–H groups in total. The van der Waals surface area contributed by atoms with E-state index in [1.54, 1.807) is 0 Å². The molecule has 0 fully saturated rings. The van der Waals surface area contributed by atoms with Gasteiger partial charge in [0.2, 0.25) is 10.0 Å². The molecule has 0 aliphatic carbocycles. The van der Waals surface area contributed by atoms with Crippen LogP contribution in [-0.2, 0) is 22.7 Å². The highest BCUT2D eigenvalue weighted by atomic mass is 32.2. The maximum Gasteiger partial charge on any atom is 0.573 e. The highest BCUT2D eigenvalue weighted by Crippen LogP contribution is 2.31. The third-order valence-electron chi connectivity index (χ3n) is 3.20. The molecule has 0 radical (unpaired) electrons. The maximum atomic E-state index is 13.8. The number of nitrogens with one attached hydrogen (secondary N) is 1. The molecule has 12 heteroatoms. The lowest BCUT2D eigenvalue weighted by molar-refractivity contribution is -0.275. The highest BCUT2D eigenvalue weighted by molar-refractivity contribution is 7.89. The van der Waals surface area contributed by atoms with Gasteiger partial charge in [-0.15, -0.1) is 13.2 Å². The first-order valence-corrected chi connectivity index (χ1v) is 8.48. The van der Waals surface area contributed by atoms with E-state index in [0.29, 0.717) is 6.07 Å². The van der Waals surface area contributed by atoms with E-state index < -0.39 is 56.7 Å². The van der Waals surface area contributed by atoms with E-state index in [1.165, 1.54) is 0 Å². The summed E-state index contributed by atoms with van der Waals surface area (Å²) in [7, 11) is -4.58. The van der Waals surface area contributed by atoms with E-state index in [2.05, 4.69) is 4.74 Å². The van der Waals surface area contributed by atoms with Gasteiger partial charge in [-0.3, -0.25) is 0 Å². The van der Waals surface area contributed by atoms with Crippen molar-refractivity contribution in [1.82, 2.24) is 4.72 Å². The third kappa shape index (κ3) is 5.57. The predicted octanol–water partition coefficient (Wildman–Crippen LogP) is 4.22. The number of rotatable bonds is 5. The fraction of sp³-hybridized carbons (Fsp3) is 0.200. The number of halogens is 7. The molecule has 0 saturated carbocycles. The van der Waals surface area contributed by atoms with Crippen LogP contribution in [-0.4, -0.2) is 14.8 Å². The van der Waals surface area contributed by atoms with Gasteiger partial charge in [-0.05, 0) is 24.3 Å². The van der Waals surface area contributed by atoms with Crippen LogP contribution >= 0.6 is 0 Å². The molecule has 0 bridgehead atoms. The molecule has 0 aliphatic heterocycles. The van der Waals surface area contributed by atoms with Gasteiger partial charge < -0.3 is 4.74 Å². The molecule has 0 amide bonds. The number of benzene rings is 2. The first-order chi connectivity index (χ1) is 12.3. The van der Waals surface area contributed by atoms with E-state index in [0.717, 1.165) is 30.3 Å². The molecule has 148 valence electrons. The molecule has 0 aromatic heterocycles. The second kappa shape index (κ2) is 7.35. The zero-order valence-corrected chi connectivity index (χ0v) is 13.8. The smallest absolute Gasteiger partial charge is 0.404 e. The number of sulfonamides is 1. The van der Waals surface area contributed by atoms with Crippen molar-refractivity contribution >= 4 is 10.0 Å². The van der Waals surface area contributed by atoms with Gasteiger partial charge in [-0.25, -0.2) is 17.5 Å². The lowest BCUT2D eigenvalue weighted by Crippen LogP contribution is -2.26. The standard InChI is InChI=1S/C15H10F7NO3S/c16-11-7-10(14(17,18)19)6-5-9(11)8-23-27(24,25)13-4-2-1-3-12(13)26-15(20,21)22/h1-7,23H,8H2. The van der Waals surface area contributed by atoms with Crippen molar-refractivity contribution in [3.8, 4) is 5.75 Å². The van der Waals surface area contributed by atoms with E-state index >= 15 is 0 Å². The number of para-hydroxylation sites is 1. The minimum Gasteiger partial charge on any atom is -0.404 e. The molecule has 0 spiro atoms. The molecule has 4 nitrogen and oxygen atoms in total. The van der Waals surface area contributed by atoms with E-state index in [1.807, 2.05) is 4.72 Å². The van der Waals surface area contributed by atoms with E-state index in [4.69, 9.17) is 0 Å². The zero-order valence-electron chi connectivity index (χ0n) is 13.0. The Morgan fingerprint density at radius 1 is 0.963 bits per heavy atom. The Kier molecular flexibility index (Phi) is 5.71. The normalized spacial score (nSPS) is 12.9. The minimum atomic E-state index is -5.15. The van der Waals surface area contributed by atoms with Crippen molar-refractivity contribution in [3.63, 3.8) is 0 Å². The summed E-state index contributed by atoms with van der Waals surface area (Å²) in [6, 6.07) is 5.29. The molecule has 0 unspecified atom stereocenters. The Hall–Kier alpha value is -2.34. The average Bonchev–Trinajstić information content (AvgIpc) is 2.51. The third-order valence-corrected chi connectivity index (χ3v) is 4.64. The van der Waals surface area contributed by atoms with Gasteiger partial charge in [-0.2, -0.15) is 13.2 Å². The monoisotopic (exact) mass is 417 g/mol. The summed E-state index contributed by atoms with van der Waals surface area (Å²) in [5, 5.41) is 0. The molecule has 0 atom stereocenters. The quantitative estimate of drug-likeness (QED) is 0.742. The van der Waals surface area contributed by atoms with Crippen molar-refractivity contribution in [3.05, 3.63) is 59.4 Å². The van der Waals surface area contributed by atoms with Gasteiger partial charge >= 0.3 is 12.5 Å². The Labute approximate surface area is 148 Å². The number of ether oxygens (including phenoxy) is 1. The average molecular weight is 417 g/mol. The summed E-state index contributed by atoms with van der Waals surface area (Å²) < 4.78 is 118. The fourth-order valence-electron chi connectivity index (χ4n) is 2.00. The van der Waals surface area contributed by atoms with Crippen LogP contribution in [0.3, 0.4) is 0 Å². The molecular weight excluding hydrogens is 407 g/mol. The first kappa shape index (κ1) is 21.0. The van der Waals surface area contributed by atoms with Gasteiger partial charge in [0.25, 0.3) is 0 Å². The van der Waals surface area contributed by atoms with Gasteiger partial charge in [-0.1, -0.05) is 18.2 Å². The Morgan fingerprint density at radius 2 is 1.59 bits per heavy atom. The second-order valence-corrected chi connectivity index (χ2v) is 6.86. The largest absolute Gasteiger partial charge is 0.573 e. The van der Waals surface area contributed by atoms with Crippen molar-refractivity contribution in [1.29, 1.82) is 0 Å². The van der Waals surface area contributed by atoms with E-state index in [9.17, 15) is 39.2 Å². The van der Waals surface area contributed by atoms with Crippen molar-refractivity contribution in [2.75, 3.05) is 0 Å². The van der Waals surface area contributed by atoms with Crippen LogP contribution in [0, 0.1) is 5.82 Å². The fourth-order valence-corrected chi connectivity index (χ4v) is 3.13. The molecule has 0 heterocycles. The summed E-state index contributed by atoms with van der Waals surface area (Å²) in [5.41, 5.74) is -1.70. The molecule has 0 aliphatic rings. The Bertz CT molecular complexity index is 924. The minimum absolute atomic E-state index is 0.185. The molecule has 0 saturated heterocycles. The Morgan fingerprint density at radius 3 is 2.15 bits per heavy atom. The van der Waals surface area contributed by atoms with Gasteiger partial charge in [0, 0.05) is 12.1 Å². The van der Waals surface area contributed by atoms with Crippen LogP contribution in [0.2, 0.25) is 0 Å². The summed E-state index contributed by atoms with van der Waals surface area (Å²) in [6.07, 6.45) is -9.93. The Balaban J connectivity index is 2.24. The number of hydrogen-bond donors (Lipinski definition) is 1. The summed E-state index contributed by atoms with van der Waals surface area (Å²) in [5.74, 6) is -2.34. The lowest BCUT2D eigenvalue weighted by Gasteiger charge is -2.14. The topological polar surface area (TPSA) is 55.4 Å². The lowest BCUT2D eigenvalue weighted by atomic mass is 10.1. The number of alkyl halides is 6. The van der Waals surface area contributed by atoms with Crippen LogP contribution in [0.4, 0.5) is 30.7 Å². The SMILES string of the molecule is O=S(=O)(NCc1ccc(C(F)(F)F)cc1F)c1ccccc1OC(F)(F)F. The van der Waals surface area contributed by atoms with Crippen LogP contribution in [0.1, 0.15) is 11.1 Å².